The minimum absolute atomic E-state index is 0.152. The van der Waals surface area contributed by atoms with E-state index < -0.39 is 0 Å². The summed E-state index contributed by atoms with van der Waals surface area (Å²) < 4.78 is 9.88. The number of methoxy groups -OCH3 is 1. The van der Waals surface area contributed by atoms with Gasteiger partial charge in [-0.2, -0.15) is 5.10 Å². The Balaban J connectivity index is 1.78. The fourth-order valence-electron chi connectivity index (χ4n) is 2.49. The quantitative estimate of drug-likeness (QED) is 0.827. The van der Waals surface area contributed by atoms with E-state index in [2.05, 4.69) is 10.3 Å². The summed E-state index contributed by atoms with van der Waals surface area (Å²) in [6, 6.07) is 8.63. The van der Waals surface area contributed by atoms with E-state index in [1.165, 1.54) is 16.2 Å². The van der Waals surface area contributed by atoms with Crippen molar-refractivity contribution in [3.63, 3.8) is 0 Å². The SMILES string of the molecule is COc1ccc(N2N=C(C(=O)N(C)Cc3ccon3)CCC2=O)cc1. The van der Waals surface area contributed by atoms with E-state index in [1.807, 2.05) is 0 Å². The molecule has 2 amide bonds. The second-order valence-corrected chi connectivity index (χ2v) is 5.60. The Morgan fingerprint density at radius 3 is 2.68 bits per heavy atom. The monoisotopic (exact) mass is 342 g/mol. The van der Waals surface area contributed by atoms with Crippen molar-refractivity contribution in [2.75, 3.05) is 19.2 Å². The molecule has 1 aromatic carbocycles. The zero-order chi connectivity index (χ0) is 17.8. The molecule has 8 nitrogen and oxygen atoms in total. The average Bonchev–Trinajstić information content (AvgIpc) is 3.14. The molecule has 0 bridgehead atoms. The van der Waals surface area contributed by atoms with Crippen LogP contribution < -0.4 is 9.75 Å². The number of hydrogen-bond acceptors (Lipinski definition) is 6. The van der Waals surface area contributed by atoms with Crippen molar-refractivity contribution in [1.29, 1.82) is 0 Å². The number of hydrazone groups is 1. The number of hydrogen-bond donors (Lipinski definition) is 0. The molecule has 0 fully saturated rings. The van der Waals surface area contributed by atoms with Gasteiger partial charge in [0.25, 0.3) is 5.91 Å². The van der Waals surface area contributed by atoms with Crippen molar-refractivity contribution in [2.45, 2.75) is 19.4 Å². The van der Waals surface area contributed by atoms with Crippen molar-refractivity contribution in [3.8, 4) is 5.75 Å². The molecule has 0 saturated heterocycles. The van der Waals surface area contributed by atoms with E-state index in [0.29, 0.717) is 35.8 Å². The van der Waals surface area contributed by atoms with Gasteiger partial charge in [-0.05, 0) is 24.3 Å². The van der Waals surface area contributed by atoms with Crippen molar-refractivity contribution < 1.29 is 18.8 Å². The van der Waals surface area contributed by atoms with Crippen molar-refractivity contribution >= 4 is 23.2 Å². The molecule has 0 unspecified atom stereocenters. The lowest BCUT2D eigenvalue weighted by atomic mass is 10.1. The molecule has 0 spiro atoms. The van der Waals surface area contributed by atoms with Crippen LogP contribution in [0.4, 0.5) is 5.69 Å². The van der Waals surface area contributed by atoms with Crippen LogP contribution in [0.25, 0.3) is 0 Å². The Hall–Kier alpha value is -3.16. The van der Waals surface area contributed by atoms with Gasteiger partial charge in [-0.25, -0.2) is 5.01 Å². The lowest BCUT2D eigenvalue weighted by Gasteiger charge is -2.25. The summed E-state index contributed by atoms with van der Waals surface area (Å²) in [4.78, 5) is 26.3. The normalized spacial score (nSPS) is 14.2. The molecule has 130 valence electrons. The highest BCUT2D eigenvalue weighted by atomic mass is 16.5. The van der Waals surface area contributed by atoms with Crippen LogP contribution >= 0.6 is 0 Å². The van der Waals surface area contributed by atoms with Gasteiger partial charge >= 0.3 is 0 Å². The van der Waals surface area contributed by atoms with Gasteiger partial charge in [-0.3, -0.25) is 9.59 Å². The molecule has 1 aliphatic rings. The third-order valence-electron chi connectivity index (χ3n) is 3.83. The minimum atomic E-state index is -0.242. The Labute approximate surface area is 144 Å². The largest absolute Gasteiger partial charge is 0.497 e. The fraction of sp³-hybridized carbons (Fsp3) is 0.294. The van der Waals surface area contributed by atoms with E-state index in [4.69, 9.17) is 9.26 Å². The fourth-order valence-corrected chi connectivity index (χ4v) is 2.49. The molecule has 1 aliphatic heterocycles. The van der Waals surface area contributed by atoms with Gasteiger partial charge in [0.2, 0.25) is 5.91 Å². The summed E-state index contributed by atoms with van der Waals surface area (Å²) in [6.45, 7) is 0.310. The zero-order valence-electron chi connectivity index (χ0n) is 14.0. The molecule has 3 rings (SSSR count). The summed E-state index contributed by atoms with van der Waals surface area (Å²) in [5.74, 6) is 0.288. The van der Waals surface area contributed by atoms with Crippen LogP contribution in [0.2, 0.25) is 0 Å². The molecule has 25 heavy (non-hydrogen) atoms. The van der Waals surface area contributed by atoms with Crippen LogP contribution in [0.3, 0.4) is 0 Å². The van der Waals surface area contributed by atoms with Gasteiger partial charge in [0.05, 0.1) is 19.3 Å². The Morgan fingerprint density at radius 1 is 1.28 bits per heavy atom. The summed E-state index contributed by atoms with van der Waals surface area (Å²) >= 11 is 0. The molecule has 0 saturated carbocycles. The first-order chi connectivity index (χ1) is 12.1. The third kappa shape index (κ3) is 3.68. The van der Waals surface area contributed by atoms with Gasteiger partial charge in [0.1, 0.15) is 23.4 Å². The summed E-state index contributed by atoms with van der Waals surface area (Å²) in [6.07, 6.45) is 2.00. The summed E-state index contributed by atoms with van der Waals surface area (Å²) in [5.41, 5.74) is 1.58. The average molecular weight is 342 g/mol. The molecular formula is C17H18N4O4. The first-order valence-corrected chi connectivity index (χ1v) is 7.77. The predicted molar refractivity (Wildman–Crippen MR) is 90.1 cm³/mol. The van der Waals surface area contributed by atoms with Gasteiger partial charge < -0.3 is 14.2 Å². The van der Waals surface area contributed by atoms with E-state index in [1.54, 1.807) is 44.5 Å². The van der Waals surface area contributed by atoms with E-state index in [-0.39, 0.29) is 18.2 Å². The molecule has 2 aromatic rings. The van der Waals surface area contributed by atoms with Gasteiger partial charge in [-0.15, -0.1) is 0 Å². The van der Waals surface area contributed by atoms with Crippen LogP contribution in [0.5, 0.6) is 5.75 Å². The maximum atomic E-state index is 12.6. The van der Waals surface area contributed by atoms with Gasteiger partial charge in [-0.1, -0.05) is 5.16 Å². The van der Waals surface area contributed by atoms with Crippen LogP contribution in [0.15, 0.2) is 46.2 Å². The molecule has 1 aromatic heterocycles. The first-order valence-electron chi connectivity index (χ1n) is 7.77. The lowest BCUT2D eigenvalue weighted by Crippen LogP contribution is -2.39. The second kappa shape index (κ2) is 7.16. The Bertz CT molecular complexity index is 783. The highest BCUT2D eigenvalue weighted by Gasteiger charge is 2.27. The Morgan fingerprint density at radius 2 is 2.04 bits per heavy atom. The Kier molecular flexibility index (Phi) is 4.78. The smallest absolute Gasteiger partial charge is 0.270 e. The standard InChI is InChI=1S/C17H18N4O4/c1-20(11-12-9-10-25-19-12)17(23)15-7-8-16(22)21(18-15)13-3-5-14(24-2)6-4-13/h3-6,9-10H,7-8,11H2,1-2H3. The van der Waals surface area contributed by atoms with Crippen molar-refractivity contribution in [2.24, 2.45) is 5.10 Å². The number of benzene rings is 1. The molecule has 0 N–H and O–H groups in total. The molecule has 0 aliphatic carbocycles. The second-order valence-electron chi connectivity index (χ2n) is 5.60. The topological polar surface area (TPSA) is 88.2 Å². The molecule has 0 atom stereocenters. The molecule has 0 radical (unpaired) electrons. The number of ether oxygens (including phenoxy) is 1. The highest BCUT2D eigenvalue weighted by molar-refractivity contribution is 6.40. The van der Waals surface area contributed by atoms with Gasteiger partial charge in [0.15, 0.2) is 0 Å². The van der Waals surface area contributed by atoms with Crippen molar-refractivity contribution in [1.82, 2.24) is 10.1 Å². The lowest BCUT2D eigenvalue weighted by molar-refractivity contribution is -0.123. The first kappa shape index (κ1) is 16.7. The van der Waals surface area contributed by atoms with Crippen LogP contribution in [0, 0.1) is 0 Å². The maximum absolute atomic E-state index is 12.6. The number of rotatable bonds is 5. The van der Waals surface area contributed by atoms with Gasteiger partial charge in [0, 0.05) is 26.0 Å². The van der Waals surface area contributed by atoms with Crippen LogP contribution in [-0.4, -0.2) is 41.7 Å². The maximum Gasteiger partial charge on any atom is 0.270 e. The molecule has 8 heteroatoms. The third-order valence-corrected chi connectivity index (χ3v) is 3.83. The van der Waals surface area contributed by atoms with E-state index in [0.717, 1.165) is 0 Å². The van der Waals surface area contributed by atoms with Crippen molar-refractivity contribution in [3.05, 3.63) is 42.3 Å². The van der Waals surface area contributed by atoms with Crippen LogP contribution in [0.1, 0.15) is 18.5 Å². The zero-order valence-corrected chi connectivity index (χ0v) is 14.0. The van der Waals surface area contributed by atoms with E-state index in [9.17, 15) is 9.59 Å². The summed E-state index contributed by atoms with van der Waals surface area (Å²) in [5, 5.41) is 9.32. The molecule has 2 heterocycles. The highest BCUT2D eigenvalue weighted by Crippen LogP contribution is 2.23. The number of nitrogens with zero attached hydrogens (tertiary/aromatic N) is 4. The number of amides is 2. The van der Waals surface area contributed by atoms with Crippen LogP contribution in [-0.2, 0) is 16.1 Å². The minimum Gasteiger partial charge on any atom is -0.497 e. The van der Waals surface area contributed by atoms with E-state index >= 15 is 0 Å². The summed E-state index contributed by atoms with van der Waals surface area (Å²) in [7, 11) is 3.23. The molecular weight excluding hydrogens is 324 g/mol. The number of carbonyl (C=O) groups excluding carboxylic acids is 2. The number of aromatic nitrogens is 1. The number of anilines is 1. The number of carbonyl (C=O) groups is 2. The predicted octanol–water partition coefficient (Wildman–Crippen LogP) is 1.82.